The normalized spacial score (nSPS) is 22.5. The second-order valence-electron chi connectivity index (χ2n) is 7.39. The number of fused-ring (bicyclic) bond motifs is 1. The third-order valence-electron chi connectivity index (χ3n) is 5.37. The summed E-state index contributed by atoms with van der Waals surface area (Å²) in [5.74, 6) is 2.58. The van der Waals surface area contributed by atoms with Crippen LogP contribution < -0.4 is 5.32 Å². The molecule has 1 amide bonds. The summed E-state index contributed by atoms with van der Waals surface area (Å²) in [6.45, 7) is 3.26. The van der Waals surface area contributed by atoms with Gasteiger partial charge in [-0.15, -0.1) is 35.3 Å². The molecule has 0 bridgehead atoms. The van der Waals surface area contributed by atoms with Crippen LogP contribution in [-0.2, 0) is 11.2 Å². The number of amides is 1. The number of halogens is 1. The van der Waals surface area contributed by atoms with E-state index in [1.807, 2.05) is 0 Å². The van der Waals surface area contributed by atoms with E-state index in [0.29, 0.717) is 0 Å². The molecule has 2 fully saturated rings. The molecule has 0 spiro atoms. The van der Waals surface area contributed by atoms with Crippen LogP contribution in [0.1, 0.15) is 30.6 Å². The number of likely N-dealkylation sites (tertiary alicyclic amines) is 1. The predicted octanol–water partition coefficient (Wildman–Crippen LogP) is 3.06. The highest BCUT2D eigenvalue weighted by atomic mass is 127. The monoisotopic (exact) mass is 490 g/mol. The number of hydrogen-bond donors (Lipinski definition) is 1. The van der Waals surface area contributed by atoms with Crippen molar-refractivity contribution in [2.75, 3.05) is 40.3 Å². The number of nitrogens with one attached hydrogen (secondary N) is 1. The number of rotatable bonds is 5. The van der Waals surface area contributed by atoms with Gasteiger partial charge in [0.05, 0.1) is 0 Å². The van der Waals surface area contributed by atoms with Crippen LogP contribution in [0, 0.1) is 11.8 Å². The number of hydrogen-bond acceptors (Lipinski definition) is 3. The molecular formula is C19H31IN4OS. The quantitative estimate of drug-likeness (QED) is 0.392. The molecule has 1 saturated carbocycles. The van der Waals surface area contributed by atoms with Gasteiger partial charge in [-0.3, -0.25) is 4.79 Å². The number of likely N-dealkylation sites (N-methyl/N-ethyl adjacent to an activating group) is 1. The van der Waals surface area contributed by atoms with Crippen molar-refractivity contribution >= 4 is 47.2 Å². The highest BCUT2D eigenvalue weighted by molar-refractivity contribution is 14.0. The van der Waals surface area contributed by atoms with Gasteiger partial charge in [0.15, 0.2) is 5.96 Å². The summed E-state index contributed by atoms with van der Waals surface area (Å²) in [6.07, 6.45) is 6.43. The van der Waals surface area contributed by atoms with E-state index in [1.165, 1.54) is 30.6 Å². The smallest absolute Gasteiger partial charge is 0.243 e. The van der Waals surface area contributed by atoms with E-state index < -0.39 is 0 Å². The van der Waals surface area contributed by atoms with E-state index in [2.05, 4.69) is 32.7 Å². The Morgan fingerprint density at radius 1 is 1.31 bits per heavy atom. The molecule has 0 radical (unpaired) electrons. The number of carbonyl (C=O) groups is 1. The van der Waals surface area contributed by atoms with Gasteiger partial charge in [0.1, 0.15) is 6.54 Å². The van der Waals surface area contributed by atoms with E-state index in [0.717, 1.165) is 43.9 Å². The predicted molar refractivity (Wildman–Crippen MR) is 119 cm³/mol. The minimum absolute atomic E-state index is 0. The number of nitrogens with zero attached hydrogens (tertiary/aromatic N) is 3. The maximum atomic E-state index is 11.9. The first kappa shape index (κ1) is 21.5. The highest BCUT2D eigenvalue weighted by Crippen LogP contribution is 2.35. The van der Waals surface area contributed by atoms with E-state index >= 15 is 0 Å². The standard InChI is InChI=1S/C19H30N4OS.HI/c1-22(2)18(24)12-21-19(20-10-9-17-8-5-11-25-17)23-13-15-6-3-4-7-16(15)14-23;/h5,8,11,15-16H,3-4,6-7,9-10,12-14H2,1-2H3,(H,20,21);1H. The SMILES string of the molecule is CN(C)C(=O)CN=C(NCCc1cccs1)N1CC2CCCCC2C1.I. The van der Waals surface area contributed by atoms with Gasteiger partial charge in [0, 0.05) is 38.6 Å². The molecule has 2 unspecified atom stereocenters. The lowest BCUT2D eigenvalue weighted by Crippen LogP contribution is -2.42. The van der Waals surface area contributed by atoms with Crippen molar-refractivity contribution in [2.45, 2.75) is 32.1 Å². The number of aliphatic imine (C=N–C) groups is 1. The number of thiophene rings is 1. The highest BCUT2D eigenvalue weighted by Gasteiger charge is 2.35. The molecule has 5 nitrogen and oxygen atoms in total. The molecule has 1 aliphatic carbocycles. The van der Waals surface area contributed by atoms with Gasteiger partial charge >= 0.3 is 0 Å². The van der Waals surface area contributed by atoms with Gasteiger partial charge < -0.3 is 15.1 Å². The first-order valence-electron chi connectivity index (χ1n) is 9.39. The lowest BCUT2D eigenvalue weighted by atomic mass is 9.82. The molecule has 2 aliphatic rings. The van der Waals surface area contributed by atoms with Gasteiger partial charge in [0.2, 0.25) is 5.91 Å². The Kier molecular flexibility index (Phi) is 8.66. The van der Waals surface area contributed by atoms with Crippen LogP contribution in [0.2, 0.25) is 0 Å². The molecule has 3 rings (SSSR count). The fourth-order valence-corrected chi connectivity index (χ4v) is 4.59. The van der Waals surface area contributed by atoms with Crippen molar-refractivity contribution < 1.29 is 4.79 Å². The van der Waals surface area contributed by atoms with E-state index in [1.54, 1.807) is 30.3 Å². The van der Waals surface area contributed by atoms with Crippen molar-refractivity contribution in [3.05, 3.63) is 22.4 Å². The molecule has 0 aromatic carbocycles. The minimum atomic E-state index is 0. The summed E-state index contributed by atoms with van der Waals surface area (Å²) in [5, 5.41) is 5.63. The van der Waals surface area contributed by atoms with Gasteiger partial charge in [-0.1, -0.05) is 18.9 Å². The maximum Gasteiger partial charge on any atom is 0.243 e. The Hall–Kier alpha value is -0.830. The summed E-state index contributed by atoms with van der Waals surface area (Å²) in [4.78, 5) is 22.0. The third kappa shape index (κ3) is 5.84. The summed E-state index contributed by atoms with van der Waals surface area (Å²) in [6, 6.07) is 4.26. The van der Waals surface area contributed by atoms with Crippen molar-refractivity contribution in [1.82, 2.24) is 15.1 Å². The second kappa shape index (κ2) is 10.5. The van der Waals surface area contributed by atoms with Gasteiger partial charge in [-0.05, 0) is 42.5 Å². The fourth-order valence-electron chi connectivity index (χ4n) is 3.88. The molecule has 146 valence electrons. The van der Waals surface area contributed by atoms with Crippen molar-refractivity contribution in [1.29, 1.82) is 0 Å². The molecule has 7 heteroatoms. The average molecular weight is 490 g/mol. The van der Waals surface area contributed by atoms with Crippen molar-refractivity contribution in [2.24, 2.45) is 16.8 Å². The zero-order valence-corrected chi connectivity index (χ0v) is 19.0. The zero-order chi connectivity index (χ0) is 17.6. The van der Waals surface area contributed by atoms with Gasteiger partial charge in [-0.25, -0.2) is 4.99 Å². The molecule has 1 aromatic heterocycles. The Labute approximate surface area is 178 Å². The zero-order valence-electron chi connectivity index (χ0n) is 15.8. The molecule has 26 heavy (non-hydrogen) atoms. The summed E-state index contributed by atoms with van der Waals surface area (Å²) in [5.41, 5.74) is 0. The first-order chi connectivity index (χ1) is 12.1. The van der Waals surface area contributed by atoms with Crippen molar-refractivity contribution in [3.8, 4) is 0 Å². The number of carbonyl (C=O) groups excluding carboxylic acids is 1. The van der Waals surface area contributed by atoms with Crippen LogP contribution in [0.4, 0.5) is 0 Å². The molecule has 2 atom stereocenters. The Bertz CT molecular complexity index is 576. The lowest BCUT2D eigenvalue weighted by molar-refractivity contribution is -0.127. The third-order valence-corrected chi connectivity index (χ3v) is 6.31. The Morgan fingerprint density at radius 2 is 2.00 bits per heavy atom. The van der Waals surface area contributed by atoms with Gasteiger partial charge in [0.25, 0.3) is 0 Å². The summed E-state index contributed by atoms with van der Waals surface area (Å²) >= 11 is 1.79. The van der Waals surface area contributed by atoms with Crippen LogP contribution in [0.5, 0.6) is 0 Å². The molecule has 1 aromatic rings. The molecule has 1 saturated heterocycles. The van der Waals surface area contributed by atoms with Crippen LogP contribution in [0.25, 0.3) is 0 Å². The average Bonchev–Trinajstić information content (AvgIpc) is 3.26. The van der Waals surface area contributed by atoms with Crippen molar-refractivity contribution in [3.63, 3.8) is 0 Å². The molecular weight excluding hydrogens is 459 g/mol. The lowest BCUT2D eigenvalue weighted by Gasteiger charge is -2.22. The Balaban J connectivity index is 0.00000243. The Morgan fingerprint density at radius 3 is 2.58 bits per heavy atom. The van der Waals surface area contributed by atoms with E-state index in [-0.39, 0.29) is 36.4 Å². The van der Waals surface area contributed by atoms with Crippen LogP contribution in [0.3, 0.4) is 0 Å². The van der Waals surface area contributed by atoms with E-state index in [4.69, 9.17) is 0 Å². The van der Waals surface area contributed by atoms with E-state index in [9.17, 15) is 4.79 Å². The number of guanidine groups is 1. The van der Waals surface area contributed by atoms with Crippen LogP contribution in [0.15, 0.2) is 22.5 Å². The molecule has 2 heterocycles. The fraction of sp³-hybridized carbons (Fsp3) is 0.684. The summed E-state index contributed by atoms with van der Waals surface area (Å²) in [7, 11) is 3.57. The van der Waals surface area contributed by atoms with Crippen LogP contribution >= 0.6 is 35.3 Å². The minimum Gasteiger partial charge on any atom is -0.356 e. The molecule has 1 aliphatic heterocycles. The maximum absolute atomic E-state index is 11.9. The van der Waals surface area contributed by atoms with Gasteiger partial charge in [-0.2, -0.15) is 0 Å². The topological polar surface area (TPSA) is 47.9 Å². The molecule has 1 N–H and O–H groups in total. The van der Waals surface area contributed by atoms with Crippen LogP contribution in [-0.4, -0.2) is 61.9 Å². The first-order valence-corrected chi connectivity index (χ1v) is 10.3. The second-order valence-corrected chi connectivity index (χ2v) is 8.43. The summed E-state index contributed by atoms with van der Waals surface area (Å²) < 4.78 is 0. The largest absolute Gasteiger partial charge is 0.356 e.